The molecule has 0 aromatic carbocycles. The molecule has 2 nitrogen and oxygen atoms in total. The summed E-state index contributed by atoms with van der Waals surface area (Å²) < 4.78 is 5.25. The molecule has 0 amide bonds. The van der Waals surface area contributed by atoms with Gasteiger partial charge in [0, 0.05) is 18.5 Å². The monoisotopic (exact) mass is 183 g/mol. The molecule has 2 fully saturated rings. The van der Waals surface area contributed by atoms with Crippen molar-refractivity contribution in [2.45, 2.75) is 27.2 Å². The van der Waals surface area contributed by atoms with Crippen molar-refractivity contribution in [2.75, 3.05) is 32.8 Å². The quantitative estimate of drug-likeness (QED) is 0.647. The second kappa shape index (κ2) is 2.96. The van der Waals surface area contributed by atoms with Crippen molar-refractivity contribution in [2.24, 2.45) is 10.8 Å². The lowest BCUT2D eigenvalue weighted by Gasteiger charge is -2.55. The van der Waals surface area contributed by atoms with Gasteiger partial charge in [-0.05, 0) is 18.4 Å². The summed E-state index contributed by atoms with van der Waals surface area (Å²) in [6, 6.07) is 0. The second-order valence-corrected chi connectivity index (χ2v) is 6.01. The number of ether oxygens (including phenoxy) is 1. The molecular formula is C11H21NO. The first-order chi connectivity index (χ1) is 5.99. The van der Waals surface area contributed by atoms with Crippen molar-refractivity contribution in [1.82, 2.24) is 4.90 Å². The predicted molar refractivity (Wildman–Crippen MR) is 53.8 cm³/mol. The van der Waals surface area contributed by atoms with Gasteiger partial charge in [0.15, 0.2) is 0 Å². The molecule has 0 aromatic heterocycles. The Hall–Kier alpha value is -0.0800. The molecule has 0 radical (unpaired) electrons. The summed E-state index contributed by atoms with van der Waals surface area (Å²) in [5.74, 6) is 0. The minimum atomic E-state index is 0.485. The van der Waals surface area contributed by atoms with Gasteiger partial charge in [0.05, 0.1) is 13.2 Å². The van der Waals surface area contributed by atoms with Crippen LogP contribution in [0.3, 0.4) is 0 Å². The van der Waals surface area contributed by atoms with Gasteiger partial charge >= 0.3 is 0 Å². The standard InChI is InChI=1S/C11H21NO/c1-10(2,3)4-5-12-6-11(7-12)8-13-9-11/h4-9H2,1-3H3. The molecule has 2 saturated heterocycles. The van der Waals surface area contributed by atoms with Crippen LogP contribution in [0.5, 0.6) is 0 Å². The van der Waals surface area contributed by atoms with E-state index in [4.69, 9.17) is 4.74 Å². The van der Waals surface area contributed by atoms with Gasteiger partial charge in [0.1, 0.15) is 0 Å². The molecule has 1 spiro atoms. The molecule has 2 aliphatic rings. The van der Waals surface area contributed by atoms with Crippen molar-refractivity contribution < 1.29 is 4.74 Å². The minimum Gasteiger partial charge on any atom is -0.380 e. The highest BCUT2D eigenvalue weighted by atomic mass is 16.5. The van der Waals surface area contributed by atoms with E-state index in [1.807, 2.05) is 0 Å². The molecule has 2 heteroatoms. The van der Waals surface area contributed by atoms with E-state index in [1.54, 1.807) is 0 Å². The largest absolute Gasteiger partial charge is 0.380 e. The van der Waals surface area contributed by atoms with Crippen LogP contribution in [0.1, 0.15) is 27.2 Å². The van der Waals surface area contributed by atoms with Crippen molar-refractivity contribution >= 4 is 0 Å². The van der Waals surface area contributed by atoms with Gasteiger partial charge in [0.2, 0.25) is 0 Å². The summed E-state index contributed by atoms with van der Waals surface area (Å²) >= 11 is 0. The zero-order chi connectivity index (χ0) is 9.53. The molecule has 0 saturated carbocycles. The lowest BCUT2D eigenvalue weighted by Crippen LogP contribution is -2.66. The molecule has 2 rings (SSSR count). The van der Waals surface area contributed by atoms with Gasteiger partial charge in [-0.15, -0.1) is 0 Å². The Morgan fingerprint density at radius 3 is 2.23 bits per heavy atom. The van der Waals surface area contributed by atoms with Gasteiger partial charge in [-0.25, -0.2) is 0 Å². The molecule has 2 aliphatic heterocycles. The first kappa shape index (κ1) is 9.47. The van der Waals surface area contributed by atoms with Crippen LogP contribution in [-0.2, 0) is 4.74 Å². The van der Waals surface area contributed by atoms with E-state index in [1.165, 1.54) is 26.1 Å². The maximum absolute atomic E-state index is 5.25. The Morgan fingerprint density at radius 2 is 1.85 bits per heavy atom. The van der Waals surface area contributed by atoms with E-state index in [-0.39, 0.29) is 0 Å². The van der Waals surface area contributed by atoms with Crippen LogP contribution >= 0.6 is 0 Å². The van der Waals surface area contributed by atoms with E-state index >= 15 is 0 Å². The van der Waals surface area contributed by atoms with Gasteiger partial charge in [0.25, 0.3) is 0 Å². The highest BCUT2D eigenvalue weighted by molar-refractivity contribution is 4.99. The predicted octanol–water partition coefficient (Wildman–Crippen LogP) is 1.75. The van der Waals surface area contributed by atoms with E-state index in [0.29, 0.717) is 10.8 Å². The third-order valence-electron chi connectivity index (χ3n) is 3.11. The van der Waals surface area contributed by atoms with E-state index in [0.717, 1.165) is 13.2 Å². The number of nitrogens with zero attached hydrogens (tertiary/aromatic N) is 1. The summed E-state index contributed by atoms with van der Waals surface area (Å²) in [7, 11) is 0. The summed E-state index contributed by atoms with van der Waals surface area (Å²) in [6.07, 6.45) is 1.31. The number of rotatable bonds is 2. The molecular weight excluding hydrogens is 162 g/mol. The maximum atomic E-state index is 5.25. The summed E-state index contributed by atoms with van der Waals surface area (Å²) in [4.78, 5) is 2.56. The fourth-order valence-electron chi connectivity index (χ4n) is 2.13. The molecule has 0 unspecified atom stereocenters. The Labute approximate surface area is 81.3 Å². The van der Waals surface area contributed by atoms with Crippen LogP contribution in [0.4, 0.5) is 0 Å². The lowest BCUT2D eigenvalue weighted by atomic mass is 9.77. The first-order valence-electron chi connectivity index (χ1n) is 5.29. The van der Waals surface area contributed by atoms with Crippen LogP contribution in [0.15, 0.2) is 0 Å². The van der Waals surface area contributed by atoms with Crippen LogP contribution in [-0.4, -0.2) is 37.7 Å². The maximum Gasteiger partial charge on any atom is 0.0569 e. The fraction of sp³-hybridized carbons (Fsp3) is 1.00. The molecule has 2 heterocycles. The Balaban J connectivity index is 1.64. The van der Waals surface area contributed by atoms with Crippen molar-refractivity contribution in [3.05, 3.63) is 0 Å². The highest BCUT2D eigenvalue weighted by Crippen LogP contribution is 2.38. The van der Waals surface area contributed by atoms with E-state index in [9.17, 15) is 0 Å². The lowest BCUT2D eigenvalue weighted by molar-refractivity contribution is -0.189. The zero-order valence-electron chi connectivity index (χ0n) is 9.10. The van der Waals surface area contributed by atoms with E-state index in [2.05, 4.69) is 25.7 Å². The van der Waals surface area contributed by atoms with Crippen LogP contribution in [0.25, 0.3) is 0 Å². The Morgan fingerprint density at radius 1 is 1.23 bits per heavy atom. The minimum absolute atomic E-state index is 0.485. The molecule has 0 N–H and O–H groups in total. The summed E-state index contributed by atoms with van der Waals surface area (Å²) in [5.41, 5.74) is 1.08. The van der Waals surface area contributed by atoms with E-state index < -0.39 is 0 Å². The molecule has 13 heavy (non-hydrogen) atoms. The van der Waals surface area contributed by atoms with Gasteiger partial charge in [-0.1, -0.05) is 20.8 Å². The third-order valence-corrected chi connectivity index (χ3v) is 3.11. The smallest absolute Gasteiger partial charge is 0.0569 e. The van der Waals surface area contributed by atoms with Crippen molar-refractivity contribution in [3.63, 3.8) is 0 Å². The number of likely N-dealkylation sites (tertiary alicyclic amines) is 1. The van der Waals surface area contributed by atoms with Gasteiger partial charge < -0.3 is 9.64 Å². The zero-order valence-corrected chi connectivity index (χ0v) is 9.10. The molecule has 0 atom stereocenters. The average Bonchev–Trinajstić information content (AvgIpc) is 1.77. The highest BCUT2D eigenvalue weighted by Gasteiger charge is 2.48. The van der Waals surface area contributed by atoms with Crippen LogP contribution in [0, 0.1) is 10.8 Å². The summed E-state index contributed by atoms with van der Waals surface area (Å²) in [5, 5.41) is 0. The molecule has 0 bridgehead atoms. The van der Waals surface area contributed by atoms with Gasteiger partial charge in [-0.3, -0.25) is 0 Å². The molecule has 76 valence electrons. The van der Waals surface area contributed by atoms with Crippen LogP contribution in [0.2, 0.25) is 0 Å². The first-order valence-corrected chi connectivity index (χ1v) is 5.29. The SMILES string of the molecule is CC(C)(C)CCN1CC2(COC2)C1. The molecule has 0 aliphatic carbocycles. The van der Waals surface area contributed by atoms with Gasteiger partial charge in [-0.2, -0.15) is 0 Å². The van der Waals surface area contributed by atoms with Crippen molar-refractivity contribution in [1.29, 1.82) is 0 Å². The van der Waals surface area contributed by atoms with Crippen LogP contribution < -0.4 is 0 Å². The normalized spacial score (nSPS) is 27.0. The molecule has 0 aromatic rings. The Kier molecular flexibility index (Phi) is 2.16. The fourth-order valence-corrected chi connectivity index (χ4v) is 2.13. The Bertz CT molecular complexity index is 183. The number of hydrogen-bond donors (Lipinski definition) is 0. The second-order valence-electron chi connectivity index (χ2n) is 6.01. The topological polar surface area (TPSA) is 12.5 Å². The average molecular weight is 183 g/mol. The van der Waals surface area contributed by atoms with Crippen molar-refractivity contribution in [3.8, 4) is 0 Å². The summed E-state index contributed by atoms with van der Waals surface area (Å²) in [6.45, 7) is 12.8. The third kappa shape index (κ3) is 2.05. The number of hydrogen-bond acceptors (Lipinski definition) is 2.